The van der Waals surface area contributed by atoms with Gasteiger partial charge in [-0.3, -0.25) is 9.36 Å². The van der Waals surface area contributed by atoms with E-state index >= 15 is 0 Å². The van der Waals surface area contributed by atoms with Gasteiger partial charge in [-0.25, -0.2) is 0 Å². The summed E-state index contributed by atoms with van der Waals surface area (Å²) in [5, 5.41) is 13.5. The number of hydrogen-bond acceptors (Lipinski definition) is 6. The van der Waals surface area contributed by atoms with Crippen molar-refractivity contribution in [3.63, 3.8) is 0 Å². The first-order valence-corrected chi connectivity index (χ1v) is 23.0. The van der Waals surface area contributed by atoms with Crippen LogP contribution in [0.4, 0.5) is 0 Å². The van der Waals surface area contributed by atoms with E-state index in [-0.39, 0.29) is 19.1 Å². The van der Waals surface area contributed by atoms with Gasteiger partial charge in [0.25, 0.3) is 7.82 Å². The van der Waals surface area contributed by atoms with Crippen molar-refractivity contribution in [1.82, 2.24) is 5.32 Å². The average molecular weight is 745 g/mol. The zero-order valence-electron chi connectivity index (χ0n) is 34.3. The molecule has 0 aliphatic heterocycles. The normalized spacial score (nSPS) is 14.6. The van der Waals surface area contributed by atoms with Crippen LogP contribution < -0.4 is 10.2 Å². The Morgan fingerprint density at radius 3 is 1.47 bits per heavy atom. The molecule has 0 aromatic rings. The number of nitrogens with zero attached hydrogens (tertiary/aromatic N) is 1. The van der Waals surface area contributed by atoms with Gasteiger partial charge in [-0.1, -0.05) is 187 Å². The van der Waals surface area contributed by atoms with E-state index in [2.05, 4.69) is 19.2 Å². The molecule has 0 aliphatic carbocycles. The maximum Gasteiger partial charge on any atom is 0.268 e. The lowest BCUT2D eigenvalue weighted by Gasteiger charge is -2.29. The standard InChI is InChI=1S/C42H85N2O6P/c1-6-8-10-12-13-14-15-16-17-18-19-20-21-22-23-24-25-26-27-28-29-30-32-34-36-42(46)43-40(41(45)35-33-31-11-9-7-2)39-50-51(47,48)49-38-37-44(3,4)5/h33,35,40-41,45H,6-32,34,36-39H2,1-5H3,(H-,43,46,47,48)/b35-33+. The number of hydrogen-bond donors (Lipinski definition) is 2. The van der Waals surface area contributed by atoms with E-state index in [0.717, 1.165) is 44.9 Å². The summed E-state index contributed by atoms with van der Waals surface area (Å²) in [5.41, 5.74) is 0. The zero-order chi connectivity index (χ0) is 37.9. The molecule has 1 amide bonds. The molecule has 0 aromatic heterocycles. The third kappa shape index (κ3) is 37.4. The highest BCUT2D eigenvalue weighted by molar-refractivity contribution is 7.45. The van der Waals surface area contributed by atoms with Crippen molar-refractivity contribution in [2.75, 3.05) is 40.9 Å². The number of aliphatic hydroxyl groups excluding tert-OH is 1. The fourth-order valence-corrected chi connectivity index (χ4v) is 6.99. The minimum atomic E-state index is -4.56. The predicted octanol–water partition coefficient (Wildman–Crippen LogP) is 10.9. The maximum atomic E-state index is 12.7. The number of amides is 1. The van der Waals surface area contributed by atoms with Gasteiger partial charge in [-0.15, -0.1) is 0 Å². The lowest BCUT2D eigenvalue weighted by atomic mass is 10.0. The van der Waals surface area contributed by atoms with E-state index < -0.39 is 20.0 Å². The Labute approximate surface area is 316 Å². The van der Waals surface area contributed by atoms with Crippen LogP contribution in [0.1, 0.15) is 200 Å². The van der Waals surface area contributed by atoms with Crippen molar-refractivity contribution in [3.05, 3.63) is 12.2 Å². The second-order valence-corrected chi connectivity index (χ2v) is 17.5. The Morgan fingerprint density at radius 2 is 1.06 bits per heavy atom. The number of nitrogens with one attached hydrogen (secondary N) is 1. The number of unbranched alkanes of at least 4 members (excludes halogenated alkanes) is 26. The Balaban J connectivity index is 3.97. The Kier molecular flexibility index (Phi) is 34.5. The van der Waals surface area contributed by atoms with E-state index in [0.29, 0.717) is 17.4 Å². The smallest absolute Gasteiger partial charge is 0.268 e. The van der Waals surface area contributed by atoms with Crippen LogP contribution in [0.15, 0.2) is 12.2 Å². The molecule has 51 heavy (non-hydrogen) atoms. The van der Waals surface area contributed by atoms with Crippen LogP contribution in [-0.4, -0.2) is 68.5 Å². The van der Waals surface area contributed by atoms with Crippen molar-refractivity contribution in [2.24, 2.45) is 0 Å². The van der Waals surface area contributed by atoms with Crippen LogP contribution >= 0.6 is 7.82 Å². The number of carbonyl (C=O) groups excluding carboxylic acids is 1. The molecule has 8 nitrogen and oxygen atoms in total. The number of likely N-dealkylation sites (N-methyl/N-ethyl adjacent to an activating group) is 1. The van der Waals surface area contributed by atoms with Gasteiger partial charge in [-0.05, 0) is 19.3 Å². The lowest BCUT2D eigenvalue weighted by Crippen LogP contribution is -2.45. The zero-order valence-corrected chi connectivity index (χ0v) is 35.2. The first kappa shape index (κ1) is 50.2. The monoisotopic (exact) mass is 745 g/mol. The Hall–Kier alpha value is -0.760. The molecule has 0 aliphatic rings. The first-order chi connectivity index (χ1) is 24.5. The first-order valence-electron chi connectivity index (χ1n) is 21.6. The molecule has 2 N–H and O–H groups in total. The summed E-state index contributed by atoms with van der Waals surface area (Å²) in [4.78, 5) is 25.0. The van der Waals surface area contributed by atoms with Gasteiger partial charge < -0.3 is 28.8 Å². The summed E-state index contributed by atoms with van der Waals surface area (Å²) in [6, 6.07) is -0.876. The third-order valence-corrected chi connectivity index (χ3v) is 10.7. The van der Waals surface area contributed by atoms with E-state index in [4.69, 9.17) is 9.05 Å². The van der Waals surface area contributed by atoms with Gasteiger partial charge in [0, 0.05) is 6.42 Å². The van der Waals surface area contributed by atoms with Crippen LogP contribution in [0.25, 0.3) is 0 Å². The number of carbonyl (C=O) groups is 1. The summed E-state index contributed by atoms with van der Waals surface area (Å²) < 4.78 is 23.0. The molecular formula is C42H85N2O6P. The summed E-state index contributed by atoms with van der Waals surface area (Å²) >= 11 is 0. The average Bonchev–Trinajstić information content (AvgIpc) is 3.07. The number of allylic oxidation sites excluding steroid dienone is 1. The van der Waals surface area contributed by atoms with E-state index in [1.54, 1.807) is 6.08 Å². The summed E-state index contributed by atoms with van der Waals surface area (Å²) in [7, 11) is 1.26. The number of rotatable bonds is 39. The molecule has 0 heterocycles. The fourth-order valence-electron chi connectivity index (χ4n) is 6.27. The molecule has 0 aromatic carbocycles. The molecule has 0 rings (SSSR count). The van der Waals surface area contributed by atoms with Crippen LogP contribution in [0.2, 0.25) is 0 Å². The predicted molar refractivity (Wildman–Crippen MR) is 215 cm³/mol. The number of phosphoric acid groups is 1. The Bertz CT molecular complexity index is 850. The molecule has 0 fully saturated rings. The summed E-state index contributed by atoms with van der Waals surface area (Å²) in [6.07, 6.45) is 38.9. The number of phosphoric ester groups is 1. The van der Waals surface area contributed by atoms with E-state index in [1.807, 2.05) is 27.2 Å². The minimum absolute atomic E-state index is 0.000747. The molecule has 304 valence electrons. The highest BCUT2D eigenvalue weighted by Gasteiger charge is 2.23. The summed E-state index contributed by atoms with van der Waals surface area (Å²) in [5.74, 6) is -0.201. The van der Waals surface area contributed by atoms with Gasteiger partial charge in [0.05, 0.1) is 39.9 Å². The lowest BCUT2D eigenvalue weighted by molar-refractivity contribution is -0.870. The van der Waals surface area contributed by atoms with Crippen molar-refractivity contribution < 1.29 is 32.9 Å². The van der Waals surface area contributed by atoms with Crippen LogP contribution in [0.5, 0.6) is 0 Å². The van der Waals surface area contributed by atoms with E-state index in [1.165, 1.54) is 135 Å². The van der Waals surface area contributed by atoms with Gasteiger partial charge in [-0.2, -0.15) is 0 Å². The fraction of sp³-hybridized carbons (Fsp3) is 0.929. The van der Waals surface area contributed by atoms with Crippen LogP contribution in [0, 0.1) is 0 Å². The van der Waals surface area contributed by atoms with Crippen molar-refractivity contribution >= 4 is 13.7 Å². The number of aliphatic hydroxyl groups is 1. The number of quaternary nitrogens is 1. The molecule has 0 bridgehead atoms. The summed E-state index contributed by atoms with van der Waals surface area (Å²) in [6.45, 7) is 4.54. The molecule has 3 atom stereocenters. The van der Waals surface area contributed by atoms with Gasteiger partial charge >= 0.3 is 0 Å². The molecule has 3 unspecified atom stereocenters. The van der Waals surface area contributed by atoms with Crippen LogP contribution in [0.3, 0.4) is 0 Å². The van der Waals surface area contributed by atoms with Gasteiger partial charge in [0.15, 0.2) is 0 Å². The largest absolute Gasteiger partial charge is 0.756 e. The molecule has 0 radical (unpaired) electrons. The highest BCUT2D eigenvalue weighted by atomic mass is 31.2. The molecule has 0 spiro atoms. The van der Waals surface area contributed by atoms with Crippen molar-refractivity contribution in [2.45, 2.75) is 212 Å². The van der Waals surface area contributed by atoms with Crippen LogP contribution in [-0.2, 0) is 18.4 Å². The second kappa shape index (κ2) is 35.0. The second-order valence-electron chi connectivity index (χ2n) is 16.1. The van der Waals surface area contributed by atoms with E-state index in [9.17, 15) is 19.4 Å². The maximum absolute atomic E-state index is 12.7. The van der Waals surface area contributed by atoms with Gasteiger partial charge in [0.2, 0.25) is 5.91 Å². The van der Waals surface area contributed by atoms with Crippen molar-refractivity contribution in [3.8, 4) is 0 Å². The molecule has 0 saturated carbocycles. The molecule has 0 saturated heterocycles. The van der Waals surface area contributed by atoms with Gasteiger partial charge in [0.1, 0.15) is 13.2 Å². The minimum Gasteiger partial charge on any atom is -0.756 e. The molecular weight excluding hydrogens is 659 g/mol. The highest BCUT2D eigenvalue weighted by Crippen LogP contribution is 2.38. The van der Waals surface area contributed by atoms with Crippen molar-refractivity contribution in [1.29, 1.82) is 0 Å². The Morgan fingerprint density at radius 1 is 0.667 bits per heavy atom. The topological polar surface area (TPSA) is 108 Å². The SMILES string of the molecule is CCCCC/C=C/C(O)C(COP(=O)([O-])OCC[N+](C)(C)C)NC(=O)CCCCCCCCCCCCCCCCCCCCCCCCCC. The molecule has 9 heteroatoms. The third-order valence-electron chi connectivity index (χ3n) is 9.75. The quantitative estimate of drug-likeness (QED) is 0.0281.